The number of nitrogens with zero attached hydrogens (tertiary/aromatic N) is 2. The average molecular weight is 496 g/mol. The molecule has 0 aromatic rings. The number of guanidine groups is 1. The molecule has 0 saturated carbocycles. The first-order valence-corrected chi connectivity index (χ1v) is 10.6. The summed E-state index contributed by atoms with van der Waals surface area (Å²) in [5, 5.41) is 6.84. The lowest BCUT2D eigenvalue weighted by molar-refractivity contribution is 0.0205. The van der Waals surface area contributed by atoms with Crippen LogP contribution < -0.4 is 10.6 Å². The maximum absolute atomic E-state index is 5.81. The molecule has 0 aliphatic carbocycles. The fourth-order valence-electron chi connectivity index (χ4n) is 3.61. The van der Waals surface area contributed by atoms with E-state index in [4.69, 9.17) is 9.47 Å². The van der Waals surface area contributed by atoms with Crippen molar-refractivity contribution in [2.24, 2.45) is 16.8 Å². The van der Waals surface area contributed by atoms with Crippen LogP contribution >= 0.6 is 24.0 Å². The van der Waals surface area contributed by atoms with Crippen molar-refractivity contribution in [1.29, 1.82) is 0 Å². The molecule has 2 aliphatic heterocycles. The highest BCUT2D eigenvalue weighted by Gasteiger charge is 2.16. The second-order valence-electron chi connectivity index (χ2n) is 7.71. The Bertz CT molecular complexity index is 384. The molecule has 2 rings (SSSR count). The minimum atomic E-state index is 0. The molecule has 2 aliphatic rings. The predicted molar refractivity (Wildman–Crippen MR) is 123 cm³/mol. The van der Waals surface area contributed by atoms with Gasteiger partial charge in [-0.25, -0.2) is 0 Å². The van der Waals surface area contributed by atoms with Crippen LogP contribution in [0.25, 0.3) is 0 Å². The van der Waals surface area contributed by atoms with Crippen molar-refractivity contribution in [1.82, 2.24) is 15.5 Å². The number of nitrogens with one attached hydrogen (secondary N) is 2. The largest absolute Gasteiger partial charge is 0.381 e. The summed E-state index contributed by atoms with van der Waals surface area (Å²) in [6.45, 7) is 10.8. The fraction of sp³-hybridized carbons (Fsp3) is 0.950. The molecule has 0 aromatic heterocycles. The zero-order chi connectivity index (χ0) is 18.5. The van der Waals surface area contributed by atoms with Gasteiger partial charge in [-0.3, -0.25) is 4.99 Å². The van der Waals surface area contributed by atoms with Gasteiger partial charge in [-0.05, 0) is 77.4 Å². The topological polar surface area (TPSA) is 58.1 Å². The monoisotopic (exact) mass is 496 g/mol. The minimum absolute atomic E-state index is 0. The molecule has 0 unspecified atom stereocenters. The van der Waals surface area contributed by atoms with Crippen LogP contribution in [0.4, 0.5) is 0 Å². The minimum Gasteiger partial charge on any atom is -0.381 e. The quantitative estimate of drug-likeness (QED) is 0.211. The number of rotatable bonds is 10. The van der Waals surface area contributed by atoms with Crippen LogP contribution in [-0.2, 0) is 9.47 Å². The summed E-state index contributed by atoms with van der Waals surface area (Å²) in [4.78, 5) is 7.11. The lowest BCUT2D eigenvalue weighted by Crippen LogP contribution is -2.39. The summed E-state index contributed by atoms with van der Waals surface area (Å²) in [6.07, 6.45) is 7.17. The van der Waals surface area contributed by atoms with Gasteiger partial charge in [0, 0.05) is 46.1 Å². The zero-order valence-corrected chi connectivity index (χ0v) is 19.7. The van der Waals surface area contributed by atoms with Gasteiger partial charge in [0.25, 0.3) is 0 Å². The molecule has 27 heavy (non-hydrogen) atoms. The van der Waals surface area contributed by atoms with E-state index in [9.17, 15) is 0 Å². The molecule has 0 amide bonds. The Morgan fingerprint density at radius 1 is 1.11 bits per heavy atom. The molecule has 160 valence electrons. The smallest absolute Gasteiger partial charge is 0.191 e. The molecule has 6 nitrogen and oxygen atoms in total. The highest BCUT2D eigenvalue weighted by atomic mass is 127. The molecule has 0 atom stereocenters. The average Bonchev–Trinajstić information content (AvgIpc) is 2.67. The van der Waals surface area contributed by atoms with E-state index < -0.39 is 0 Å². The Labute approximate surface area is 183 Å². The highest BCUT2D eigenvalue weighted by molar-refractivity contribution is 14.0. The van der Waals surface area contributed by atoms with Gasteiger partial charge in [-0.1, -0.05) is 0 Å². The second-order valence-corrected chi connectivity index (χ2v) is 7.71. The molecule has 0 bridgehead atoms. The van der Waals surface area contributed by atoms with E-state index in [1.54, 1.807) is 0 Å². The van der Waals surface area contributed by atoms with Crippen molar-refractivity contribution in [3.63, 3.8) is 0 Å². The van der Waals surface area contributed by atoms with Crippen LogP contribution in [0.1, 0.15) is 45.4 Å². The molecule has 0 aromatic carbocycles. The zero-order valence-electron chi connectivity index (χ0n) is 17.4. The van der Waals surface area contributed by atoms with E-state index in [0.29, 0.717) is 5.92 Å². The molecule has 2 fully saturated rings. The molecule has 0 radical (unpaired) electrons. The first kappa shape index (κ1) is 24.9. The summed E-state index contributed by atoms with van der Waals surface area (Å²) >= 11 is 0. The Morgan fingerprint density at radius 3 is 2.56 bits per heavy atom. The van der Waals surface area contributed by atoms with Crippen molar-refractivity contribution >= 4 is 29.9 Å². The van der Waals surface area contributed by atoms with Crippen LogP contribution in [0.5, 0.6) is 0 Å². The van der Waals surface area contributed by atoms with Crippen molar-refractivity contribution in [2.75, 3.05) is 66.2 Å². The Balaban J connectivity index is 0.00000364. The van der Waals surface area contributed by atoms with Gasteiger partial charge in [0.05, 0.1) is 0 Å². The number of halogens is 1. The van der Waals surface area contributed by atoms with E-state index in [0.717, 1.165) is 77.2 Å². The van der Waals surface area contributed by atoms with Crippen LogP contribution in [0.2, 0.25) is 0 Å². The maximum Gasteiger partial charge on any atom is 0.191 e. The number of piperidine rings is 1. The Morgan fingerprint density at radius 2 is 1.85 bits per heavy atom. The van der Waals surface area contributed by atoms with Gasteiger partial charge >= 0.3 is 0 Å². The van der Waals surface area contributed by atoms with Gasteiger partial charge in [0.1, 0.15) is 0 Å². The number of hydrogen-bond donors (Lipinski definition) is 2. The first-order valence-electron chi connectivity index (χ1n) is 10.6. The molecule has 2 saturated heterocycles. The number of likely N-dealkylation sites (tertiary alicyclic amines) is 1. The summed E-state index contributed by atoms with van der Waals surface area (Å²) < 4.78 is 11.2. The molecule has 7 heteroatoms. The van der Waals surface area contributed by atoms with Crippen LogP contribution in [-0.4, -0.2) is 77.1 Å². The van der Waals surface area contributed by atoms with Gasteiger partial charge in [0.15, 0.2) is 5.96 Å². The molecular formula is C20H41IN4O2. The number of aliphatic imine (C=N–C) groups is 1. The van der Waals surface area contributed by atoms with Gasteiger partial charge in [-0.15, -0.1) is 24.0 Å². The van der Waals surface area contributed by atoms with E-state index in [2.05, 4.69) is 34.5 Å². The summed E-state index contributed by atoms with van der Waals surface area (Å²) in [5.41, 5.74) is 0. The van der Waals surface area contributed by atoms with E-state index >= 15 is 0 Å². The number of hydrogen-bond acceptors (Lipinski definition) is 4. The third kappa shape index (κ3) is 11.5. The predicted octanol–water partition coefficient (Wildman–Crippen LogP) is 2.72. The van der Waals surface area contributed by atoms with Crippen molar-refractivity contribution in [3.8, 4) is 0 Å². The van der Waals surface area contributed by atoms with Gasteiger partial charge < -0.3 is 25.0 Å². The van der Waals surface area contributed by atoms with Crippen molar-refractivity contribution in [2.45, 2.75) is 45.4 Å². The van der Waals surface area contributed by atoms with Crippen molar-refractivity contribution in [3.05, 3.63) is 0 Å². The van der Waals surface area contributed by atoms with Gasteiger partial charge in [-0.2, -0.15) is 0 Å². The summed E-state index contributed by atoms with van der Waals surface area (Å²) in [5.74, 6) is 2.50. The third-order valence-corrected chi connectivity index (χ3v) is 5.44. The van der Waals surface area contributed by atoms with E-state index in [-0.39, 0.29) is 24.0 Å². The molecule has 2 N–H and O–H groups in total. The Hall–Kier alpha value is -0.120. The van der Waals surface area contributed by atoms with E-state index in [1.807, 2.05) is 0 Å². The first-order chi connectivity index (χ1) is 12.8. The molecule has 0 spiro atoms. The second kappa shape index (κ2) is 15.8. The maximum atomic E-state index is 5.81. The molecular weight excluding hydrogens is 455 g/mol. The van der Waals surface area contributed by atoms with Gasteiger partial charge in [0.2, 0.25) is 0 Å². The van der Waals surface area contributed by atoms with Crippen LogP contribution in [0, 0.1) is 11.8 Å². The summed E-state index contributed by atoms with van der Waals surface area (Å²) in [6, 6.07) is 0. The lowest BCUT2D eigenvalue weighted by atomic mass is 9.94. The van der Waals surface area contributed by atoms with E-state index in [1.165, 1.54) is 32.4 Å². The normalized spacial score (nSPS) is 20.3. The van der Waals surface area contributed by atoms with Crippen LogP contribution in [0.3, 0.4) is 0 Å². The standard InChI is InChI=1S/C20H40N4O2.HI/c1-3-21-20(23-11-5-18-6-12-24(2)13-7-18)22-10-4-14-26-17-19-8-15-25-16-9-19;/h18-19H,3-17H2,1-2H3,(H2,21,22,23);1H. The number of ether oxygens (including phenoxy) is 2. The lowest BCUT2D eigenvalue weighted by Gasteiger charge is -2.29. The highest BCUT2D eigenvalue weighted by Crippen LogP contribution is 2.18. The molecule has 2 heterocycles. The fourth-order valence-corrected chi connectivity index (χ4v) is 3.61. The van der Waals surface area contributed by atoms with Crippen molar-refractivity contribution < 1.29 is 9.47 Å². The third-order valence-electron chi connectivity index (χ3n) is 5.44. The van der Waals surface area contributed by atoms with Crippen LogP contribution in [0.15, 0.2) is 4.99 Å². The Kier molecular flexibility index (Phi) is 14.5. The summed E-state index contributed by atoms with van der Waals surface area (Å²) in [7, 11) is 2.22. The SMILES string of the molecule is CCNC(=NCCCOCC1CCOCC1)NCCC1CCN(C)CC1.I.